The lowest BCUT2D eigenvalue weighted by atomic mass is 9.88. The van der Waals surface area contributed by atoms with E-state index in [0.717, 1.165) is 31.1 Å². The van der Waals surface area contributed by atoms with Crippen molar-refractivity contribution in [3.05, 3.63) is 0 Å². The first-order chi connectivity index (χ1) is 12.2. The predicted molar refractivity (Wildman–Crippen MR) is 95.4 cm³/mol. The number of oxime groups is 2. The normalized spacial score (nSPS) is 50.5. The fourth-order valence-corrected chi connectivity index (χ4v) is 6.98. The van der Waals surface area contributed by atoms with Gasteiger partial charge in [0.05, 0.1) is 23.5 Å². The molecule has 6 heteroatoms. The van der Waals surface area contributed by atoms with Crippen LogP contribution in [0.25, 0.3) is 0 Å². The highest BCUT2D eigenvalue weighted by atomic mass is 16.4. The third kappa shape index (κ3) is 2.29. The van der Waals surface area contributed by atoms with Crippen molar-refractivity contribution in [1.82, 2.24) is 9.80 Å². The average Bonchev–Trinajstić information content (AvgIpc) is 3.39. The van der Waals surface area contributed by atoms with E-state index in [4.69, 9.17) is 0 Å². The van der Waals surface area contributed by atoms with Gasteiger partial charge in [0, 0.05) is 37.5 Å². The number of hydrogen-bond donors (Lipinski definition) is 2. The zero-order valence-electron chi connectivity index (χ0n) is 15.1. The molecule has 0 radical (unpaired) electrons. The molecule has 1 heterocycles. The monoisotopic (exact) mass is 346 g/mol. The first kappa shape index (κ1) is 16.1. The van der Waals surface area contributed by atoms with Gasteiger partial charge in [0.25, 0.3) is 0 Å². The van der Waals surface area contributed by atoms with Gasteiger partial charge in [-0.2, -0.15) is 0 Å². The molecule has 5 aliphatic rings. The minimum absolute atomic E-state index is 0.354. The minimum Gasteiger partial charge on any atom is -0.411 e. The van der Waals surface area contributed by atoms with Crippen molar-refractivity contribution in [3.8, 4) is 0 Å². The van der Waals surface area contributed by atoms with E-state index in [1.165, 1.54) is 38.5 Å². The van der Waals surface area contributed by atoms with Gasteiger partial charge in [-0.25, -0.2) is 0 Å². The Kier molecular flexibility index (Phi) is 3.82. The van der Waals surface area contributed by atoms with Crippen LogP contribution < -0.4 is 0 Å². The summed E-state index contributed by atoms with van der Waals surface area (Å²) in [4.78, 5) is 5.17. The maximum absolute atomic E-state index is 9.55. The van der Waals surface area contributed by atoms with Crippen molar-refractivity contribution < 1.29 is 10.4 Å². The van der Waals surface area contributed by atoms with E-state index in [2.05, 4.69) is 27.0 Å². The van der Waals surface area contributed by atoms with Crippen molar-refractivity contribution >= 4 is 11.4 Å². The van der Waals surface area contributed by atoms with Crippen LogP contribution in [0.4, 0.5) is 0 Å². The molecule has 5 rings (SSSR count). The van der Waals surface area contributed by atoms with Gasteiger partial charge in [-0.15, -0.1) is 0 Å². The summed E-state index contributed by atoms with van der Waals surface area (Å²) in [5, 5.41) is 26.5. The van der Waals surface area contributed by atoms with Gasteiger partial charge >= 0.3 is 0 Å². The quantitative estimate of drug-likeness (QED) is 0.594. The third-order valence-electron chi connectivity index (χ3n) is 7.97. The van der Waals surface area contributed by atoms with Crippen LogP contribution in [0.5, 0.6) is 0 Å². The fourth-order valence-electron chi connectivity index (χ4n) is 6.98. The molecular weight excluding hydrogens is 316 g/mol. The topological polar surface area (TPSA) is 71.7 Å². The van der Waals surface area contributed by atoms with E-state index < -0.39 is 0 Å². The maximum atomic E-state index is 9.55. The van der Waals surface area contributed by atoms with Crippen LogP contribution in [0, 0.1) is 23.7 Å². The van der Waals surface area contributed by atoms with Crippen LogP contribution in [0.15, 0.2) is 10.3 Å². The van der Waals surface area contributed by atoms with Crippen molar-refractivity contribution in [1.29, 1.82) is 0 Å². The standard InChI is InChI=1S/C19H30N4O2/c1-11-10-22(18-14-4-2-12(8-14)16(18)20-24)6-7-23(11)19-15-5-3-13(9-15)17(19)21-25/h11-15,18-19,24-25H,2-10H2,1H3/b20-16-,21-17-/t11-,12-,13-,14+,15+,18+,19+/m0/s1. The van der Waals surface area contributed by atoms with E-state index in [9.17, 15) is 10.4 Å². The Morgan fingerprint density at radius 3 is 2.04 bits per heavy atom. The summed E-state index contributed by atoms with van der Waals surface area (Å²) in [6, 6.07) is 1.17. The number of nitrogens with zero attached hydrogens (tertiary/aromatic N) is 4. The molecule has 4 aliphatic carbocycles. The lowest BCUT2D eigenvalue weighted by Crippen LogP contribution is -2.61. The molecule has 0 amide bonds. The van der Waals surface area contributed by atoms with Gasteiger partial charge in [-0.3, -0.25) is 9.80 Å². The molecule has 6 nitrogen and oxygen atoms in total. The first-order valence-electron chi connectivity index (χ1n) is 10.1. The highest BCUT2D eigenvalue weighted by Gasteiger charge is 2.52. The Bertz CT molecular complexity index is 606. The second-order valence-electron chi connectivity index (χ2n) is 9.06. The van der Waals surface area contributed by atoms with E-state index >= 15 is 0 Å². The van der Waals surface area contributed by atoms with E-state index in [0.29, 0.717) is 41.8 Å². The molecule has 1 saturated heterocycles. The second kappa shape index (κ2) is 5.95. The highest BCUT2D eigenvalue weighted by Crippen LogP contribution is 2.47. The lowest BCUT2D eigenvalue weighted by molar-refractivity contribution is 0.0344. The Hall–Kier alpha value is -1.14. The molecule has 4 saturated carbocycles. The number of rotatable bonds is 2. The summed E-state index contributed by atoms with van der Waals surface area (Å²) in [5.74, 6) is 2.41. The van der Waals surface area contributed by atoms with Gasteiger partial charge in [0.2, 0.25) is 0 Å². The summed E-state index contributed by atoms with van der Waals surface area (Å²) >= 11 is 0. The van der Waals surface area contributed by atoms with Crippen LogP contribution in [0.1, 0.15) is 45.4 Å². The predicted octanol–water partition coefficient (Wildman–Crippen LogP) is 2.25. The fraction of sp³-hybridized carbons (Fsp3) is 0.895. The van der Waals surface area contributed by atoms with Gasteiger partial charge < -0.3 is 10.4 Å². The van der Waals surface area contributed by atoms with Crippen LogP contribution in [0.3, 0.4) is 0 Å². The lowest BCUT2D eigenvalue weighted by Gasteiger charge is -2.48. The maximum Gasteiger partial charge on any atom is 0.0775 e. The Balaban J connectivity index is 1.31. The summed E-state index contributed by atoms with van der Waals surface area (Å²) < 4.78 is 0. The summed E-state index contributed by atoms with van der Waals surface area (Å²) in [6.07, 6.45) is 7.41. The molecule has 0 aromatic carbocycles. The van der Waals surface area contributed by atoms with Crippen molar-refractivity contribution in [2.24, 2.45) is 34.0 Å². The van der Waals surface area contributed by atoms with Crippen LogP contribution in [-0.4, -0.2) is 69.4 Å². The molecule has 5 fully saturated rings. The van der Waals surface area contributed by atoms with Crippen molar-refractivity contribution in [3.63, 3.8) is 0 Å². The summed E-state index contributed by atoms with van der Waals surface area (Å²) in [7, 11) is 0. The van der Waals surface area contributed by atoms with Crippen LogP contribution in [-0.2, 0) is 0 Å². The molecule has 25 heavy (non-hydrogen) atoms. The van der Waals surface area contributed by atoms with Crippen LogP contribution >= 0.6 is 0 Å². The molecule has 1 aliphatic heterocycles. The molecule has 7 atom stereocenters. The van der Waals surface area contributed by atoms with Crippen molar-refractivity contribution in [2.75, 3.05) is 19.6 Å². The summed E-state index contributed by atoms with van der Waals surface area (Å²) in [5.41, 5.74) is 2.10. The minimum atomic E-state index is 0.354. The van der Waals surface area contributed by atoms with E-state index in [1.54, 1.807) is 0 Å². The molecule has 4 bridgehead atoms. The Labute approximate surface area is 149 Å². The Morgan fingerprint density at radius 1 is 0.840 bits per heavy atom. The summed E-state index contributed by atoms with van der Waals surface area (Å²) in [6.45, 7) is 5.40. The van der Waals surface area contributed by atoms with Gasteiger partial charge in [0.15, 0.2) is 0 Å². The highest BCUT2D eigenvalue weighted by molar-refractivity contribution is 5.95. The average molecular weight is 346 g/mol. The van der Waals surface area contributed by atoms with Gasteiger partial charge in [-0.05, 0) is 57.3 Å². The largest absolute Gasteiger partial charge is 0.411 e. The van der Waals surface area contributed by atoms with E-state index in [-0.39, 0.29) is 0 Å². The molecule has 0 aromatic rings. The van der Waals surface area contributed by atoms with Gasteiger partial charge in [0.1, 0.15) is 0 Å². The smallest absolute Gasteiger partial charge is 0.0775 e. The zero-order chi connectivity index (χ0) is 17.1. The number of hydrogen-bond acceptors (Lipinski definition) is 6. The SMILES string of the molecule is C[C@H]1CN([C@H]2/C(=N\O)[C@H]3CC[C@@H]2C3)CCN1[C@H]1/C(=N\O)[C@H]2CC[C@@H]1C2. The second-order valence-corrected chi connectivity index (χ2v) is 9.06. The molecule has 0 aromatic heterocycles. The van der Waals surface area contributed by atoms with Crippen molar-refractivity contribution in [2.45, 2.75) is 63.6 Å². The molecule has 138 valence electrons. The van der Waals surface area contributed by atoms with E-state index in [1.807, 2.05) is 0 Å². The number of piperazine rings is 1. The third-order valence-corrected chi connectivity index (χ3v) is 7.97. The van der Waals surface area contributed by atoms with Crippen LogP contribution in [0.2, 0.25) is 0 Å². The number of fused-ring (bicyclic) bond motifs is 4. The molecule has 2 N–H and O–H groups in total. The first-order valence-corrected chi connectivity index (χ1v) is 10.1. The Morgan fingerprint density at radius 2 is 1.44 bits per heavy atom. The zero-order valence-corrected chi connectivity index (χ0v) is 15.1. The molecular formula is C19H30N4O2. The van der Waals surface area contributed by atoms with Gasteiger partial charge in [-0.1, -0.05) is 10.3 Å². The molecule has 0 spiro atoms. The molecule has 0 unspecified atom stereocenters.